The fourth-order valence-electron chi connectivity index (χ4n) is 3.06. The first-order chi connectivity index (χ1) is 10.3. The second-order valence-electron chi connectivity index (χ2n) is 5.56. The molecular formula is C19H22N2. The predicted molar refractivity (Wildman–Crippen MR) is 89.8 cm³/mol. The van der Waals surface area contributed by atoms with Crippen molar-refractivity contribution < 1.29 is 0 Å². The number of nitrogens with one attached hydrogen (secondary N) is 1. The maximum Gasteiger partial charge on any atom is 0.0598 e. The molecule has 3 aromatic rings. The summed E-state index contributed by atoms with van der Waals surface area (Å²) in [5.41, 5.74) is 4.03. The normalized spacial score (nSPS) is 12.7. The highest BCUT2D eigenvalue weighted by atomic mass is 15.0. The summed E-state index contributed by atoms with van der Waals surface area (Å²) in [7, 11) is 2.01. The molecule has 0 saturated heterocycles. The Kier molecular flexibility index (Phi) is 4.07. The van der Waals surface area contributed by atoms with Gasteiger partial charge in [0.15, 0.2) is 0 Å². The van der Waals surface area contributed by atoms with E-state index in [9.17, 15) is 0 Å². The standard InChI is InChI=1S/C19H22N2/c1-15-14-21(19-11-7-6-10-17(15)19)18(12-13-20-2)16-8-4-3-5-9-16/h3-11,14,18,20H,12-13H2,1-2H3. The molecule has 0 amide bonds. The highest BCUT2D eigenvalue weighted by Gasteiger charge is 2.16. The molecule has 1 atom stereocenters. The smallest absolute Gasteiger partial charge is 0.0598 e. The largest absolute Gasteiger partial charge is 0.340 e. The van der Waals surface area contributed by atoms with Crippen molar-refractivity contribution in [2.45, 2.75) is 19.4 Å². The Morgan fingerprint density at radius 2 is 1.71 bits per heavy atom. The first kappa shape index (κ1) is 13.9. The van der Waals surface area contributed by atoms with Gasteiger partial charge in [-0.3, -0.25) is 0 Å². The zero-order chi connectivity index (χ0) is 14.7. The number of aryl methyl sites for hydroxylation is 1. The lowest BCUT2D eigenvalue weighted by molar-refractivity contribution is 0.539. The Morgan fingerprint density at radius 3 is 2.48 bits per heavy atom. The third kappa shape index (κ3) is 2.72. The van der Waals surface area contributed by atoms with E-state index in [0.717, 1.165) is 13.0 Å². The fourth-order valence-corrected chi connectivity index (χ4v) is 3.06. The van der Waals surface area contributed by atoms with Gasteiger partial charge in [0.1, 0.15) is 0 Å². The van der Waals surface area contributed by atoms with E-state index in [2.05, 4.69) is 77.6 Å². The number of para-hydroxylation sites is 1. The average molecular weight is 278 g/mol. The van der Waals surface area contributed by atoms with Crippen molar-refractivity contribution in [2.75, 3.05) is 13.6 Å². The number of nitrogens with zero attached hydrogens (tertiary/aromatic N) is 1. The predicted octanol–water partition coefficient (Wildman–Crippen LogP) is 4.15. The van der Waals surface area contributed by atoms with Gasteiger partial charge >= 0.3 is 0 Å². The van der Waals surface area contributed by atoms with E-state index in [1.807, 2.05) is 7.05 Å². The maximum absolute atomic E-state index is 3.28. The Balaban J connectivity index is 2.10. The summed E-state index contributed by atoms with van der Waals surface area (Å²) in [5.74, 6) is 0. The molecular weight excluding hydrogens is 256 g/mol. The first-order valence-corrected chi connectivity index (χ1v) is 7.57. The molecule has 1 heterocycles. The molecule has 0 aliphatic carbocycles. The molecule has 2 nitrogen and oxygen atoms in total. The summed E-state index contributed by atoms with van der Waals surface area (Å²) in [6.07, 6.45) is 3.37. The van der Waals surface area contributed by atoms with Gasteiger partial charge in [-0.1, -0.05) is 48.5 Å². The van der Waals surface area contributed by atoms with Gasteiger partial charge < -0.3 is 9.88 Å². The molecule has 0 saturated carbocycles. The van der Waals surface area contributed by atoms with Crippen LogP contribution < -0.4 is 5.32 Å². The lowest BCUT2D eigenvalue weighted by Crippen LogP contribution is -2.17. The van der Waals surface area contributed by atoms with Crippen molar-refractivity contribution in [3.05, 3.63) is 71.9 Å². The summed E-state index contributed by atoms with van der Waals surface area (Å²) in [4.78, 5) is 0. The Hall–Kier alpha value is -2.06. The number of rotatable bonds is 5. The molecule has 2 aromatic carbocycles. The van der Waals surface area contributed by atoms with E-state index in [0.29, 0.717) is 6.04 Å². The third-order valence-corrected chi connectivity index (χ3v) is 4.13. The summed E-state index contributed by atoms with van der Waals surface area (Å²) in [6, 6.07) is 19.8. The van der Waals surface area contributed by atoms with Crippen molar-refractivity contribution in [3.8, 4) is 0 Å². The van der Waals surface area contributed by atoms with Crippen LogP contribution >= 0.6 is 0 Å². The van der Waals surface area contributed by atoms with Gasteiger partial charge in [-0.25, -0.2) is 0 Å². The van der Waals surface area contributed by atoms with Gasteiger partial charge in [0.05, 0.1) is 6.04 Å². The highest BCUT2D eigenvalue weighted by Crippen LogP contribution is 2.29. The van der Waals surface area contributed by atoms with Crippen molar-refractivity contribution in [1.29, 1.82) is 0 Å². The van der Waals surface area contributed by atoms with E-state index < -0.39 is 0 Å². The maximum atomic E-state index is 3.28. The van der Waals surface area contributed by atoms with E-state index >= 15 is 0 Å². The SMILES string of the molecule is CNCCC(c1ccccc1)n1cc(C)c2ccccc21. The number of fused-ring (bicyclic) bond motifs is 1. The molecule has 1 unspecified atom stereocenters. The topological polar surface area (TPSA) is 17.0 Å². The molecule has 1 N–H and O–H groups in total. The van der Waals surface area contributed by atoms with Crippen molar-refractivity contribution >= 4 is 10.9 Å². The number of hydrogen-bond donors (Lipinski definition) is 1. The summed E-state index contributed by atoms with van der Waals surface area (Å²) in [6.45, 7) is 3.20. The first-order valence-electron chi connectivity index (χ1n) is 7.57. The second kappa shape index (κ2) is 6.15. The molecule has 0 fully saturated rings. The van der Waals surface area contributed by atoms with Crippen LogP contribution in [0.1, 0.15) is 23.6 Å². The van der Waals surface area contributed by atoms with Gasteiger partial charge in [-0.15, -0.1) is 0 Å². The lowest BCUT2D eigenvalue weighted by Gasteiger charge is -2.21. The van der Waals surface area contributed by atoms with Crippen LogP contribution in [0.5, 0.6) is 0 Å². The molecule has 3 rings (SSSR count). The van der Waals surface area contributed by atoms with E-state index in [1.165, 1.54) is 22.0 Å². The van der Waals surface area contributed by atoms with Crippen LogP contribution in [0.25, 0.3) is 10.9 Å². The molecule has 0 spiro atoms. The molecule has 1 aromatic heterocycles. The minimum absolute atomic E-state index is 0.372. The average Bonchev–Trinajstić information content (AvgIpc) is 2.87. The zero-order valence-corrected chi connectivity index (χ0v) is 12.7. The molecule has 2 heteroatoms. The Bertz CT molecular complexity index is 713. The van der Waals surface area contributed by atoms with Crippen molar-refractivity contribution in [2.24, 2.45) is 0 Å². The lowest BCUT2D eigenvalue weighted by atomic mass is 10.0. The summed E-state index contributed by atoms with van der Waals surface area (Å²) in [5, 5.41) is 4.63. The van der Waals surface area contributed by atoms with Crippen LogP contribution in [-0.2, 0) is 0 Å². The Labute approximate surface area is 126 Å². The quantitative estimate of drug-likeness (QED) is 0.742. The van der Waals surface area contributed by atoms with Gasteiger partial charge in [-0.05, 0) is 44.1 Å². The minimum Gasteiger partial charge on any atom is -0.340 e. The number of aromatic nitrogens is 1. The van der Waals surface area contributed by atoms with Gasteiger partial charge in [-0.2, -0.15) is 0 Å². The van der Waals surface area contributed by atoms with Gasteiger partial charge in [0.2, 0.25) is 0 Å². The van der Waals surface area contributed by atoms with Crippen LogP contribution in [0.3, 0.4) is 0 Å². The monoisotopic (exact) mass is 278 g/mol. The summed E-state index contributed by atoms with van der Waals surface area (Å²) >= 11 is 0. The highest BCUT2D eigenvalue weighted by molar-refractivity contribution is 5.83. The second-order valence-corrected chi connectivity index (χ2v) is 5.56. The summed E-state index contributed by atoms with van der Waals surface area (Å²) < 4.78 is 2.43. The minimum atomic E-state index is 0.372. The van der Waals surface area contributed by atoms with Crippen LogP contribution in [0, 0.1) is 6.92 Å². The number of benzene rings is 2. The molecule has 0 aliphatic rings. The van der Waals surface area contributed by atoms with E-state index in [-0.39, 0.29) is 0 Å². The van der Waals surface area contributed by atoms with Gasteiger partial charge in [0.25, 0.3) is 0 Å². The van der Waals surface area contributed by atoms with Crippen LogP contribution in [0.2, 0.25) is 0 Å². The van der Waals surface area contributed by atoms with Gasteiger partial charge in [0, 0.05) is 17.1 Å². The molecule has 0 aliphatic heterocycles. The molecule has 0 radical (unpaired) electrons. The fraction of sp³-hybridized carbons (Fsp3) is 0.263. The zero-order valence-electron chi connectivity index (χ0n) is 12.7. The Morgan fingerprint density at radius 1 is 1.00 bits per heavy atom. The van der Waals surface area contributed by atoms with Crippen molar-refractivity contribution in [1.82, 2.24) is 9.88 Å². The number of hydrogen-bond acceptors (Lipinski definition) is 1. The van der Waals surface area contributed by atoms with Crippen LogP contribution in [0.4, 0.5) is 0 Å². The van der Waals surface area contributed by atoms with Crippen LogP contribution in [-0.4, -0.2) is 18.2 Å². The van der Waals surface area contributed by atoms with E-state index in [4.69, 9.17) is 0 Å². The third-order valence-electron chi connectivity index (χ3n) is 4.13. The van der Waals surface area contributed by atoms with E-state index in [1.54, 1.807) is 0 Å². The molecule has 0 bridgehead atoms. The molecule has 108 valence electrons. The molecule has 21 heavy (non-hydrogen) atoms. The van der Waals surface area contributed by atoms with Crippen LogP contribution in [0.15, 0.2) is 60.8 Å². The van der Waals surface area contributed by atoms with Crippen molar-refractivity contribution in [3.63, 3.8) is 0 Å².